The van der Waals surface area contributed by atoms with Crippen LogP contribution in [0.3, 0.4) is 0 Å². The molecule has 2 atom stereocenters. The van der Waals surface area contributed by atoms with E-state index in [2.05, 4.69) is 0 Å². The Morgan fingerprint density at radius 2 is 1.96 bits per heavy atom. The molecule has 24 heavy (non-hydrogen) atoms. The number of rotatable bonds is 0. The molecule has 0 saturated heterocycles. The molecule has 0 spiro atoms. The van der Waals surface area contributed by atoms with Crippen molar-refractivity contribution in [2.24, 2.45) is 0 Å². The van der Waals surface area contributed by atoms with Crippen molar-refractivity contribution in [3.05, 3.63) is 29.3 Å². The van der Waals surface area contributed by atoms with E-state index in [-0.39, 0.29) is 35.7 Å². The van der Waals surface area contributed by atoms with E-state index in [4.69, 9.17) is 4.74 Å². The largest absolute Gasteiger partial charge is 0.508 e. The number of hydrogen-bond acceptors (Lipinski definition) is 6. The van der Waals surface area contributed by atoms with Gasteiger partial charge in [-0.2, -0.15) is 0 Å². The molecule has 3 N–H and O–H groups in total. The zero-order chi connectivity index (χ0) is 17.7. The van der Waals surface area contributed by atoms with Crippen molar-refractivity contribution in [3.8, 4) is 11.5 Å². The van der Waals surface area contributed by atoms with Crippen LogP contribution in [-0.4, -0.2) is 39.3 Å². The van der Waals surface area contributed by atoms with Gasteiger partial charge in [0.2, 0.25) is 0 Å². The van der Waals surface area contributed by atoms with Crippen LogP contribution in [0, 0.1) is 0 Å². The first kappa shape index (κ1) is 18.0. The third-order valence-corrected chi connectivity index (χ3v) is 3.84. The molecule has 1 aliphatic heterocycles. The first-order valence-electron chi connectivity index (χ1n) is 8.00. The smallest absolute Gasteiger partial charge is 0.342 e. The molecule has 1 unspecified atom stereocenters. The molecule has 0 aromatic heterocycles. The maximum atomic E-state index is 12.3. The fraction of sp³-hybridized carbons (Fsp3) is 0.444. The Morgan fingerprint density at radius 3 is 2.71 bits per heavy atom. The van der Waals surface area contributed by atoms with Gasteiger partial charge < -0.3 is 20.1 Å². The van der Waals surface area contributed by atoms with Gasteiger partial charge in [0.25, 0.3) is 0 Å². The number of aliphatic hydroxyl groups excluding tert-OH is 1. The average Bonchev–Trinajstić information content (AvgIpc) is 2.44. The van der Waals surface area contributed by atoms with Crippen molar-refractivity contribution in [1.82, 2.24) is 0 Å². The lowest BCUT2D eigenvalue weighted by molar-refractivity contribution is -0.121. The van der Waals surface area contributed by atoms with E-state index in [1.165, 1.54) is 6.07 Å². The second-order valence-electron chi connectivity index (χ2n) is 6.07. The summed E-state index contributed by atoms with van der Waals surface area (Å²) in [5.41, 5.74) is 0.312. The molecule has 0 saturated carbocycles. The number of hydrogen-bond donors (Lipinski definition) is 3. The second-order valence-corrected chi connectivity index (χ2v) is 6.07. The number of phenolic OH excluding ortho intramolecular Hbond substituents is 2. The van der Waals surface area contributed by atoms with Gasteiger partial charge >= 0.3 is 5.97 Å². The normalized spacial score (nSPS) is 24.6. The molecule has 0 fully saturated rings. The van der Waals surface area contributed by atoms with Crippen LogP contribution in [0.4, 0.5) is 0 Å². The van der Waals surface area contributed by atoms with Crippen LogP contribution >= 0.6 is 0 Å². The minimum absolute atomic E-state index is 0.0258. The standard InChI is InChI=1S/C18H22O6/c1-11-7-14(20)9-13(19)6-4-2-3-5-12-8-15(21)10-16(22)17(12)18(23)24-11/h3,5,8,10-11,14,20-22H,2,4,6-7,9H2,1H3/b5-3+/t11-,14?/m0/s1. The maximum absolute atomic E-state index is 12.3. The number of aromatic hydroxyl groups is 2. The summed E-state index contributed by atoms with van der Waals surface area (Å²) in [5, 5.41) is 29.5. The number of allylic oxidation sites excluding steroid dienone is 1. The summed E-state index contributed by atoms with van der Waals surface area (Å²) < 4.78 is 5.26. The van der Waals surface area contributed by atoms with Crippen LogP contribution in [0.5, 0.6) is 11.5 Å². The quantitative estimate of drug-likeness (QED) is 0.630. The molecule has 0 radical (unpaired) electrons. The third-order valence-electron chi connectivity index (χ3n) is 3.84. The molecular weight excluding hydrogens is 312 g/mol. The van der Waals surface area contributed by atoms with Crippen molar-refractivity contribution in [2.45, 2.75) is 51.2 Å². The van der Waals surface area contributed by atoms with Gasteiger partial charge in [-0.1, -0.05) is 12.2 Å². The summed E-state index contributed by atoms with van der Waals surface area (Å²) in [6.07, 6.45) is 3.68. The fourth-order valence-corrected chi connectivity index (χ4v) is 2.74. The highest BCUT2D eigenvalue weighted by atomic mass is 16.5. The van der Waals surface area contributed by atoms with Crippen LogP contribution in [0.25, 0.3) is 6.08 Å². The lowest BCUT2D eigenvalue weighted by Gasteiger charge is -2.18. The molecule has 1 heterocycles. The Balaban J connectivity index is 2.34. The second kappa shape index (κ2) is 7.97. The number of Topliss-reactive ketones (excluding diaryl/α,β-unsaturated/α-hetero) is 1. The zero-order valence-corrected chi connectivity index (χ0v) is 13.6. The van der Waals surface area contributed by atoms with E-state index in [1.54, 1.807) is 19.1 Å². The molecule has 1 aliphatic rings. The van der Waals surface area contributed by atoms with E-state index in [0.29, 0.717) is 24.8 Å². The molecule has 0 bridgehead atoms. The molecule has 6 nitrogen and oxygen atoms in total. The molecule has 0 amide bonds. The van der Waals surface area contributed by atoms with E-state index < -0.39 is 18.2 Å². The van der Waals surface area contributed by atoms with Gasteiger partial charge in [-0.15, -0.1) is 0 Å². The average molecular weight is 334 g/mol. The van der Waals surface area contributed by atoms with Crippen molar-refractivity contribution in [2.75, 3.05) is 0 Å². The van der Waals surface area contributed by atoms with Crippen LogP contribution in [0.2, 0.25) is 0 Å². The van der Waals surface area contributed by atoms with Crippen molar-refractivity contribution in [1.29, 1.82) is 0 Å². The van der Waals surface area contributed by atoms with Gasteiger partial charge in [-0.05, 0) is 31.4 Å². The summed E-state index contributed by atoms with van der Waals surface area (Å²) in [5.74, 6) is -1.30. The number of phenols is 2. The lowest BCUT2D eigenvalue weighted by atomic mass is 10.0. The molecule has 1 aromatic carbocycles. The monoisotopic (exact) mass is 334 g/mol. The zero-order valence-electron chi connectivity index (χ0n) is 13.6. The minimum atomic E-state index is -0.869. The summed E-state index contributed by atoms with van der Waals surface area (Å²) in [6.45, 7) is 1.62. The lowest BCUT2D eigenvalue weighted by Crippen LogP contribution is -2.23. The first-order valence-corrected chi connectivity index (χ1v) is 8.00. The first-order chi connectivity index (χ1) is 11.4. The van der Waals surface area contributed by atoms with Gasteiger partial charge in [0.1, 0.15) is 28.9 Å². The van der Waals surface area contributed by atoms with E-state index in [9.17, 15) is 24.9 Å². The summed E-state index contributed by atoms with van der Waals surface area (Å²) >= 11 is 0. The van der Waals surface area contributed by atoms with Gasteiger partial charge in [0.05, 0.1) is 6.10 Å². The Bertz CT molecular complexity index is 649. The predicted molar refractivity (Wildman–Crippen MR) is 87.8 cm³/mol. The van der Waals surface area contributed by atoms with Gasteiger partial charge in [0, 0.05) is 25.3 Å². The van der Waals surface area contributed by atoms with Crippen LogP contribution < -0.4 is 0 Å². The number of aliphatic hydroxyl groups is 1. The topological polar surface area (TPSA) is 104 Å². The molecule has 0 aliphatic carbocycles. The highest BCUT2D eigenvalue weighted by Crippen LogP contribution is 2.30. The molecule has 6 heteroatoms. The number of carbonyl (C=O) groups is 2. The van der Waals surface area contributed by atoms with Crippen molar-refractivity contribution < 1.29 is 29.6 Å². The Kier molecular flexibility index (Phi) is 5.98. The highest BCUT2D eigenvalue weighted by molar-refractivity contribution is 5.97. The number of carbonyl (C=O) groups excluding carboxylic acids is 2. The number of ether oxygens (including phenoxy) is 1. The number of cyclic esters (lactones) is 1. The molecule has 130 valence electrons. The minimum Gasteiger partial charge on any atom is -0.508 e. The van der Waals surface area contributed by atoms with Crippen LogP contribution in [-0.2, 0) is 9.53 Å². The summed E-state index contributed by atoms with van der Waals surface area (Å²) in [4.78, 5) is 24.1. The van der Waals surface area contributed by atoms with Gasteiger partial charge in [-0.25, -0.2) is 4.79 Å². The van der Waals surface area contributed by atoms with Gasteiger partial charge in [-0.3, -0.25) is 4.79 Å². The summed E-state index contributed by atoms with van der Waals surface area (Å²) in [6, 6.07) is 2.44. The maximum Gasteiger partial charge on any atom is 0.342 e. The van der Waals surface area contributed by atoms with Crippen molar-refractivity contribution >= 4 is 17.8 Å². The predicted octanol–water partition coefficient (Wildman–Crippen LogP) is 2.55. The van der Waals surface area contributed by atoms with Crippen molar-refractivity contribution in [3.63, 3.8) is 0 Å². The third kappa shape index (κ3) is 4.83. The van der Waals surface area contributed by atoms with E-state index in [0.717, 1.165) is 6.07 Å². The number of esters is 1. The molecular formula is C18H22O6. The molecule has 2 rings (SSSR count). The Hall–Kier alpha value is -2.34. The van der Waals surface area contributed by atoms with E-state index in [1.807, 2.05) is 0 Å². The number of fused-ring (bicyclic) bond motifs is 1. The summed E-state index contributed by atoms with van der Waals surface area (Å²) in [7, 11) is 0. The molecule has 1 aromatic rings. The Labute approximate surface area is 140 Å². The fourth-order valence-electron chi connectivity index (χ4n) is 2.74. The van der Waals surface area contributed by atoms with E-state index >= 15 is 0 Å². The highest BCUT2D eigenvalue weighted by Gasteiger charge is 2.22. The number of benzene rings is 1. The van der Waals surface area contributed by atoms with Gasteiger partial charge in [0.15, 0.2) is 0 Å². The van der Waals surface area contributed by atoms with Crippen LogP contribution in [0.1, 0.15) is 54.9 Å². The Morgan fingerprint density at radius 1 is 1.21 bits per heavy atom. The SMILES string of the molecule is C[C@H]1CC(O)CC(=O)CCC/C=C/c2cc(O)cc(O)c2C(=O)O1. The number of ketones is 1. The van der Waals surface area contributed by atoms with Crippen LogP contribution in [0.15, 0.2) is 18.2 Å².